The highest BCUT2D eigenvalue weighted by atomic mass is 16.5. The third-order valence-electron chi connectivity index (χ3n) is 5.69. The van der Waals surface area contributed by atoms with Crippen molar-refractivity contribution in [3.63, 3.8) is 0 Å². The Labute approximate surface area is 179 Å². The number of likely N-dealkylation sites (tertiary alicyclic amines) is 1. The number of carbonyl (C=O) groups excluding carboxylic acids is 1. The van der Waals surface area contributed by atoms with Crippen LogP contribution in [0.1, 0.15) is 41.7 Å². The van der Waals surface area contributed by atoms with Crippen LogP contribution in [0.5, 0.6) is 5.75 Å². The topological polar surface area (TPSA) is 65.0 Å². The number of nitrogens with zero attached hydrogens (tertiary/aromatic N) is 2. The number of carbonyl (C=O) groups is 1. The predicted molar refractivity (Wildman–Crippen MR) is 120 cm³/mol. The van der Waals surface area contributed by atoms with Gasteiger partial charge in [-0.05, 0) is 36.6 Å². The fourth-order valence-corrected chi connectivity index (χ4v) is 3.97. The lowest BCUT2D eigenvalue weighted by molar-refractivity contribution is 0.0953. The van der Waals surface area contributed by atoms with Gasteiger partial charge in [0, 0.05) is 38.8 Å². The molecule has 1 saturated heterocycles. The molecule has 1 heterocycles. The van der Waals surface area contributed by atoms with Crippen molar-refractivity contribution in [3.8, 4) is 5.75 Å². The number of methoxy groups -OCH3 is 1. The highest BCUT2D eigenvalue weighted by Crippen LogP contribution is 2.35. The van der Waals surface area contributed by atoms with E-state index in [2.05, 4.69) is 34.3 Å². The summed E-state index contributed by atoms with van der Waals surface area (Å²) in [5.41, 5.74) is 2.72. The number of hydrogen-bond donors (Lipinski definition) is 2. The normalized spacial score (nSPS) is 17.5. The fourth-order valence-electron chi connectivity index (χ4n) is 3.97. The molecule has 0 aliphatic carbocycles. The maximum Gasteiger partial charge on any atom is 0.251 e. The van der Waals surface area contributed by atoms with Crippen LogP contribution in [-0.2, 0) is 0 Å². The van der Waals surface area contributed by atoms with E-state index in [0.29, 0.717) is 24.4 Å². The molecule has 3 rings (SSSR count). The van der Waals surface area contributed by atoms with Crippen LogP contribution in [0.15, 0.2) is 48.5 Å². The second-order valence-electron chi connectivity index (χ2n) is 7.88. The Hall–Kier alpha value is -2.57. The summed E-state index contributed by atoms with van der Waals surface area (Å²) < 4.78 is 5.66. The summed E-state index contributed by atoms with van der Waals surface area (Å²) >= 11 is 0. The zero-order valence-electron chi connectivity index (χ0n) is 18.2. The van der Waals surface area contributed by atoms with Crippen molar-refractivity contribution in [3.05, 3.63) is 59.7 Å². The minimum atomic E-state index is -0.248. The van der Waals surface area contributed by atoms with Crippen molar-refractivity contribution in [2.45, 2.75) is 31.9 Å². The standard InChI is InChI=1S/C24H33N3O3/c1-4-13-25-24(29)19-10-11-21(23(15-19)30-3)26(2)22(18-8-6-5-7-9-18)17-27-14-12-20(28)16-27/h5-11,15,20,22,28H,4,12-14,16-17H2,1-3H3,(H,25,29). The number of nitrogens with one attached hydrogen (secondary N) is 1. The van der Waals surface area contributed by atoms with Crippen molar-refractivity contribution in [1.82, 2.24) is 10.2 Å². The first-order chi connectivity index (χ1) is 14.5. The Morgan fingerprint density at radius 1 is 1.30 bits per heavy atom. The smallest absolute Gasteiger partial charge is 0.251 e. The number of amides is 1. The minimum absolute atomic E-state index is 0.0879. The summed E-state index contributed by atoms with van der Waals surface area (Å²) in [6, 6.07) is 16.1. The molecule has 1 amide bonds. The summed E-state index contributed by atoms with van der Waals surface area (Å²) in [4.78, 5) is 16.9. The lowest BCUT2D eigenvalue weighted by Gasteiger charge is -2.34. The van der Waals surface area contributed by atoms with Crippen molar-refractivity contribution >= 4 is 11.6 Å². The number of ether oxygens (including phenoxy) is 1. The van der Waals surface area contributed by atoms with Gasteiger partial charge in [-0.1, -0.05) is 37.3 Å². The van der Waals surface area contributed by atoms with Crippen LogP contribution in [0.4, 0.5) is 5.69 Å². The number of likely N-dealkylation sites (N-methyl/N-ethyl adjacent to an activating group) is 1. The van der Waals surface area contributed by atoms with Crippen LogP contribution >= 0.6 is 0 Å². The zero-order chi connectivity index (χ0) is 21.5. The zero-order valence-corrected chi connectivity index (χ0v) is 18.2. The number of β-amino-alcohol motifs (C(OH)–C–C–N with tert-alkyl or cyclic N) is 1. The Balaban J connectivity index is 1.87. The molecule has 0 aromatic heterocycles. The van der Waals surface area contributed by atoms with Gasteiger partial charge in [-0.2, -0.15) is 0 Å². The molecular weight excluding hydrogens is 378 g/mol. The maximum atomic E-state index is 12.4. The molecule has 6 heteroatoms. The number of benzene rings is 2. The summed E-state index contributed by atoms with van der Waals surface area (Å²) in [5, 5.41) is 12.9. The lowest BCUT2D eigenvalue weighted by Crippen LogP contribution is -2.36. The lowest BCUT2D eigenvalue weighted by atomic mass is 10.0. The van der Waals surface area contributed by atoms with E-state index in [4.69, 9.17) is 4.74 Å². The van der Waals surface area contributed by atoms with Crippen molar-refractivity contribution in [1.29, 1.82) is 0 Å². The Kier molecular flexibility index (Phi) is 7.71. The fraction of sp³-hybridized carbons (Fsp3) is 0.458. The minimum Gasteiger partial charge on any atom is -0.495 e. The molecule has 1 aliphatic heterocycles. The second-order valence-corrected chi connectivity index (χ2v) is 7.88. The molecule has 0 bridgehead atoms. The van der Waals surface area contributed by atoms with Crippen LogP contribution < -0.4 is 15.0 Å². The van der Waals surface area contributed by atoms with Gasteiger partial charge in [-0.15, -0.1) is 0 Å². The first-order valence-corrected chi connectivity index (χ1v) is 10.7. The highest BCUT2D eigenvalue weighted by Gasteiger charge is 2.27. The monoisotopic (exact) mass is 411 g/mol. The number of aliphatic hydroxyl groups excluding tert-OH is 1. The van der Waals surface area contributed by atoms with Crippen LogP contribution in [0.2, 0.25) is 0 Å². The van der Waals surface area contributed by atoms with Gasteiger partial charge in [-0.3, -0.25) is 9.69 Å². The van der Waals surface area contributed by atoms with E-state index >= 15 is 0 Å². The van der Waals surface area contributed by atoms with Gasteiger partial charge in [0.2, 0.25) is 0 Å². The van der Waals surface area contributed by atoms with E-state index in [1.54, 1.807) is 13.2 Å². The molecule has 0 radical (unpaired) electrons. The highest BCUT2D eigenvalue weighted by molar-refractivity contribution is 5.95. The van der Waals surface area contributed by atoms with Gasteiger partial charge < -0.3 is 20.1 Å². The second kappa shape index (κ2) is 10.5. The van der Waals surface area contributed by atoms with Gasteiger partial charge in [0.25, 0.3) is 5.91 Å². The van der Waals surface area contributed by atoms with Crippen LogP contribution in [-0.4, -0.2) is 62.4 Å². The summed E-state index contributed by atoms with van der Waals surface area (Å²) in [7, 11) is 3.69. The molecule has 2 N–H and O–H groups in total. The van der Waals surface area contributed by atoms with Gasteiger partial charge >= 0.3 is 0 Å². The van der Waals surface area contributed by atoms with Crippen LogP contribution in [0.3, 0.4) is 0 Å². The third kappa shape index (κ3) is 5.32. The molecule has 2 atom stereocenters. The third-order valence-corrected chi connectivity index (χ3v) is 5.69. The van der Waals surface area contributed by atoms with Gasteiger partial charge in [0.05, 0.1) is 24.9 Å². The Morgan fingerprint density at radius 2 is 2.07 bits per heavy atom. The molecule has 0 saturated carbocycles. The Morgan fingerprint density at radius 3 is 2.70 bits per heavy atom. The van der Waals surface area contributed by atoms with E-state index in [9.17, 15) is 9.90 Å². The summed E-state index contributed by atoms with van der Waals surface area (Å²) in [6.45, 7) is 5.08. The average Bonchev–Trinajstić information content (AvgIpc) is 3.20. The van der Waals surface area contributed by atoms with E-state index in [-0.39, 0.29) is 18.1 Å². The SMILES string of the molecule is CCCNC(=O)c1ccc(N(C)C(CN2CCC(O)C2)c2ccccc2)c(OC)c1. The molecule has 162 valence electrons. The van der Waals surface area contributed by atoms with E-state index in [0.717, 1.165) is 31.6 Å². The number of hydrogen-bond acceptors (Lipinski definition) is 5. The Bertz CT molecular complexity index is 828. The number of rotatable bonds is 9. The molecular formula is C24H33N3O3. The van der Waals surface area contributed by atoms with Crippen molar-refractivity contribution in [2.75, 3.05) is 45.2 Å². The van der Waals surface area contributed by atoms with E-state index in [1.807, 2.05) is 37.3 Å². The molecule has 6 nitrogen and oxygen atoms in total. The summed E-state index contributed by atoms with van der Waals surface area (Å²) in [6.07, 6.45) is 1.46. The molecule has 0 spiro atoms. The summed E-state index contributed by atoms with van der Waals surface area (Å²) in [5.74, 6) is 0.582. The van der Waals surface area contributed by atoms with Crippen molar-refractivity contribution in [2.24, 2.45) is 0 Å². The van der Waals surface area contributed by atoms with E-state index < -0.39 is 0 Å². The molecule has 1 aliphatic rings. The number of aliphatic hydroxyl groups is 1. The first kappa shape index (κ1) is 22.1. The molecule has 30 heavy (non-hydrogen) atoms. The maximum absolute atomic E-state index is 12.4. The molecule has 2 aromatic carbocycles. The molecule has 2 unspecified atom stereocenters. The van der Waals surface area contributed by atoms with Gasteiger partial charge in [0.15, 0.2) is 0 Å². The van der Waals surface area contributed by atoms with Gasteiger partial charge in [0.1, 0.15) is 5.75 Å². The van der Waals surface area contributed by atoms with Crippen molar-refractivity contribution < 1.29 is 14.6 Å². The van der Waals surface area contributed by atoms with Gasteiger partial charge in [-0.25, -0.2) is 0 Å². The van der Waals surface area contributed by atoms with Crippen LogP contribution in [0.25, 0.3) is 0 Å². The molecule has 2 aromatic rings. The first-order valence-electron chi connectivity index (χ1n) is 10.7. The largest absolute Gasteiger partial charge is 0.495 e. The quantitative estimate of drug-likeness (QED) is 0.664. The van der Waals surface area contributed by atoms with E-state index in [1.165, 1.54) is 5.56 Å². The average molecular weight is 412 g/mol. The molecule has 1 fully saturated rings. The predicted octanol–water partition coefficient (Wildman–Crippen LogP) is 3.08. The number of anilines is 1. The van der Waals surface area contributed by atoms with Crippen LogP contribution in [0, 0.1) is 0 Å².